The van der Waals surface area contributed by atoms with Crippen LogP contribution in [0.25, 0.3) is 10.6 Å². The van der Waals surface area contributed by atoms with Crippen LogP contribution >= 0.6 is 11.3 Å². The fourth-order valence-electron chi connectivity index (χ4n) is 1.48. The third-order valence-electron chi connectivity index (χ3n) is 2.65. The number of aryl methyl sites for hydroxylation is 2. The number of carbonyl (C=O) groups is 1. The summed E-state index contributed by atoms with van der Waals surface area (Å²) >= 11 is 1.35. The smallest absolute Gasteiger partial charge is 0.349 e. The fourth-order valence-corrected chi connectivity index (χ4v) is 2.31. The van der Waals surface area contributed by atoms with Crippen molar-refractivity contribution in [1.29, 1.82) is 0 Å². The summed E-state index contributed by atoms with van der Waals surface area (Å²) in [5, 5.41) is 0.841. The second-order valence-electron chi connectivity index (χ2n) is 3.82. The summed E-state index contributed by atoms with van der Waals surface area (Å²) < 4.78 is 4.66. The maximum Gasteiger partial charge on any atom is 0.349 e. The molecule has 0 unspecified atom stereocenters. The van der Waals surface area contributed by atoms with E-state index in [-0.39, 0.29) is 5.97 Å². The third-order valence-corrected chi connectivity index (χ3v) is 3.67. The second kappa shape index (κ2) is 4.67. The first-order valence-electron chi connectivity index (χ1n) is 5.23. The summed E-state index contributed by atoms with van der Waals surface area (Å²) in [6.07, 6.45) is 1.56. The van der Waals surface area contributed by atoms with Gasteiger partial charge in [-0.3, -0.25) is 0 Å². The molecule has 4 heteroatoms. The summed E-state index contributed by atoms with van der Waals surface area (Å²) in [6, 6.07) is 6.15. The molecule has 0 atom stereocenters. The van der Waals surface area contributed by atoms with Crippen molar-refractivity contribution in [2.75, 3.05) is 7.11 Å². The first-order valence-corrected chi connectivity index (χ1v) is 6.05. The minimum absolute atomic E-state index is 0.336. The van der Waals surface area contributed by atoms with Crippen molar-refractivity contribution in [2.24, 2.45) is 0 Å². The van der Waals surface area contributed by atoms with E-state index in [1.165, 1.54) is 29.6 Å². The van der Waals surface area contributed by atoms with Gasteiger partial charge in [-0.15, -0.1) is 11.3 Å². The Kier molecular flexibility index (Phi) is 3.24. The number of thiazole rings is 1. The predicted octanol–water partition coefficient (Wildman–Crippen LogP) is 3.21. The van der Waals surface area contributed by atoms with Crippen molar-refractivity contribution in [3.8, 4) is 10.6 Å². The van der Waals surface area contributed by atoms with E-state index in [1.54, 1.807) is 6.20 Å². The number of ether oxygens (including phenoxy) is 1. The zero-order chi connectivity index (χ0) is 12.4. The van der Waals surface area contributed by atoms with Crippen LogP contribution < -0.4 is 0 Å². The summed E-state index contributed by atoms with van der Waals surface area (Å²) in [5.74, 6) is -0.336. The maximum atomic E-state index is 11.3. The maximum absolute atomic E-state index is 11.3. The van der Waals surface area contributed by atoms with Gasteiger partial charge in [0.05, 0.1) is 13.3 Å². The van der Waals surface area contributed by atoms with E-state index >= 15 is 0 Å². The molecule has 1 heterocycles. The van der Waals surface area contributed by atoms with Gasteiger partial charge in [-0.1, -0.05) is 12.1 Å². The van der Waals surface area contributed by atoms with Crippen LogP contribution in [0, 0.1) is 13.8 Å². The van der Waals surface area contributed by atoms with Gasteiger partial charge in [-0.2, -0.15) is 0 Å². The lowest BCUT2D eigenvalue weighted by Gasteiger charge is -2.01. The number of methoxy groups -OCH3 is 1. The Bertz CT molecular complexity index is 560. The van der Waals surface area contributed by atoms with Crippen LogP contribution in [0.2, 0.25) is 0 Å². The highest BCUT2D eigenvalue weighted by Crippen LogP contribution is 2.27. The van der Waals surface area contributed by atoms with E-state index in [1.807, 2.05) is 6.07 Å². The molecule has 2 rings (SSSR count). The number of esters is 1. The summed E-state index contributed by atoms with van der Waals surface area (Å²) in [7, 11) is 1.37. The molecule has 1 aromatic carbocycles. The molecule has 1 aromatic heterocycles. The Balaban J connectivity index is 2.37. The number of nitrogens with zero attached hydrogens (tertiary/aromatic N) is 1. The van der Waals surface area contributed by atoms with Crippen molar-refractivity contribution in [2.45, 2.75) is 13.8 Å². The minimum Gasteiger partial charge on any atom is -0.465 e. The van der Waals surface area contributed by atoms with Crippen LogP contribution in [0.5, 0.6) is 0 Å². The Morgan fingerprint density at radius 2 is 2.06 bits per heavy atom. The SMILES string of the molecule is COC(=O)c1cnc(-c2ccc(C)c(C)c2)s1. The number of hydrogen-bond donors (Lipinski definition) is 0. The average molecular weight is 247 g/mol. The number of carbonyl (C=O) groups excluding carboxylic acids is 1. The van der Waals surface area contributed by atoms with Gasteiger partial charge in [0.15, 0.2) is 0 Å². The van der Waals surface area contributed by atoms with Gasteiger partial charge in [0.2, 0.25) is 0 Å². The zero-order valence-electron chi connectivity index (χ0n) is 9.98. The summed E-state index contributed by atoms with van der Waals surface area (Å²) in [5.41, 5.74) is 3.50. The van der Waals surface area contributed by atoms with E-state index < -0.39 is 0 Å². The standard InChI is InChI=1S/C13H13NO2S/c1-8-4-5-10(6-9(8)2)12-14-7-11(17-12)13(15)16-3/h4-7H,1-3H3. The molecule has 0 aliphatic heterocycles. The predicted molar refractivity (Wildman–Crippen MR) is 68.4 cm³/mol. The second-order valence-corrected chi connectivity index (χ2v) is 4.85. The van der Waals surface area contributed by atoms with Crippen molar-refractivity contribution < 1.29 is 9.53 Å². The van der Waals surface area contributed by atoms with Crippen LogP contribution in [0.15, 0.2) is 24.4 Å². The highest BCUT2D eigenvalue weighted by Gasteiger charge is 2.11. The largest absolute Gasteiger partial charge is 0.465 e. The Hall–Kier alpha value is -1.68. The van der Waals surface area contributed by atoms with Crippen molar-refractivity contribution in [3.05, 3.63) is 40.4 Å². The molecule has 0 amide bonds. The van der Waals surface area contributed by atoms with Gasteiger partial charge in [0.25, 0.3) is 0 Å². The van der Waals surface area contributed by atoms with Crippen LogP contribution in [-0.2, 0) is 4.74 Å². The molecule has 0 aliphatic rings. The monoisotopic (exact) mass is 247 g/mol. The van der Waals surface area contributed by atoms with Crippen LogP contribution in [0.3, 0.4) is 0 Å². The number of rotatable bonds is 2. The molecule has 0 saturated heterocycles. The lowest BCUT2D eigenvalue weighted by Crippen LogP contribution is -1.96. The lowest BCUT2D eigenvalue weighted by molar-refractivity contribution is 0.0606. The van der Waals surface area contributed by atoms with Crippen molar-refractivity contribution >= 4 is 17.3 Å². The molecule has 3 nitrogen and oxygen atoms in total. The number of aromatic nitrogens is 1. The minimum atomic E-state index is -0.336. The molecule has 88 valence electrons. The zero-order valence-corrected chi connectivity index (χ0v) is 10.8. The molecule has 0 bridgehead atoms. The first-order chi connectivity index (χ1) is 8.11. The van der Waals surface area contributed by atoms with Gasteiger partial charge in [-0.25, -0.2) is 9.78 Å². The number of hydrogen-bond acceptors (Lipinski definition) is 4. The molecule has 17 heavy (non-hydrogen) atoms. The van der Waals surface area contributed by atoms with Crippen molar-refractivity contribution in [3.63, 3.8) is 0 Å². The first kappa shape index (κ1) is 11.8. The van der Waals surface area contributed by atoms with Gasteiger partial charge < -0.3 is 4.74 Å². The quantitative estimate of drug-likeness (QED) is 0.765. The average Bonchev–Trinajstić information content (AvgIpc) is 2.81. The Labute approximate surface area is 104 Å². The molecule has 0 aliphatic carbocycles. The number of benzene rings is 1. The fraction of sp³-hybridized carbons (Fsp3) is 0.231. The molecule has 0 fully saturated rings. The highest BCUT2D eigenvalue weighted by atomic mass is 32.1. The molecule has 2 aromatic rings. The van der Waals surface area contributed by atoms with Gasteiger partial charge in [0, 0.05) is 5.56 Å². The molecule has 0 radical (unpaired) electrons. The summed E-state index contributed by atoms with van der Waals surface area (Å²) in [6.45, 7) is 4.13. The Morgan fingerprint density at radius 1 is 1.29 bits per heavy atom. The molecular formula is C13H13NO2S. The normalized spacial score (nSPS) is 10.3. The van der Waals surface area contributed by atoms with Gasteiger partial charge in [0.1, 0.15) is 9.88 Å². The van der Waals surface area contributed by atoms with Crippen LogP contribution in [0.1, 0.15) is 20.8 Å². The van der Waals surface area contributed by atoms with E-state index in [0.717, 1.165) is 10.6 Å². The topological polar surface area (TPSA) is 39.2 Å². The van der Waals surface area contributed by atoms with Crippen LogP contribution in [0.4, 0.5) is 0 Å². The Morgan fingerprint density at radius 3 is 2.71 bits per heavy atom. The van der Waals surface area contributed by atoms with E-state index in [4.69, 9.17) is 0 Å². The third kappa shape index (κ3) is 2.36. The van der Waals surface area contributed by atoms with Crippen LogP contribution in [-0.4, -0.2) is 18.1 Å². The molecule has 0 spiro atoms. The van der Waals surface area contributed by atoms with Crippen molar-refractivity contribution in [1.82, 2.24) is 4.98 Å². The van der Waals surface area contributed by atoms with E-state index in [9.17, 15) is 4.79 Å². The van der Waals surface area contributed by atoms with E-state index in [0.29, 0.717) is 4.88 Å². The highest BCUT2D eigenvalue weighted by molar-refractivity contribution is 7.16. The van der Waals surface area contributed by atoms with E-state index in [2.05, 4.69) is 35.7 Å². The van der Waals surface area contributed by atoms with Gasteiger partial charge >= 0.3 is 5.97 Å². The molecular weight excluding hydrogens is 234 g/mol. The summed E-state index contributed by atoms with van der Waals surface area (Å²) in [4.78, 5) is 16.1. The molecule has 0 saturated carbocycles. The lowest BCUT2D eigenvalue weighted by atomic mass is 10.1. The molecule has 0 N–H and O–H groups in total. The van der Waals surface area contributed by atoms with Gasteiger partial charge in [-0.05, 0) is 31.0 Å².